The van der Waals surface area contributed by atoms with Crippen molar-refractivity contribution in [1.82, 2.24) is 0 Å². The van der Waals surface area contributed by atoms with Gasteiger partial charge in [0.05, 0.1) is 6.10 Å². The number of aliphatic hydroxyl groups excluding tert-OH is 1. The molecule has 1 nitrogen and oxygen atoms in total. The van der Waals surface area contributed by atoms with Crippen molar-refractivity contribution in [2.75, 3.05) is 0 Å². The summed E-state index contributed by atoms with van der Waals surface area (Å²) in [5.74, 6) is 1.59. The van der Waals surface area contributed by atoms with E-state index in [1.807, 2.05) is 13.8 Å². The fourth-order valence-corrected chi connectivity index (χ4v) is 2.21. The normalized spacial score (nSPS) is 42.9. The molecule has 2 saturated carbocycles. The smallest absolute Gasteiger partial charge is 0.0571 e. The lowest BCUT2D eigenvalue weighted by Gasteiger charge is -2.14. The molecule has 10 heavy (non-hydrogen) atoms. The van der Waals surface area contributed by atoms with Crippen LogP contribution in [-0.4, -0.2) is 11.2 Å². The molecular formula is C9H18O. The van der Waals surface area contributed by atoms with Crippen LogP contribution < -0.4 is 0 Å². The van der Waals surface area contributed by atoms with E-state index in [2.05, 4.69) is 0 Å². The lowest BCUT2D eigenvalue weighted by atomic mass is 9.98. The first kappa shape index (κ1) is 8.06. The summed E-state index contributed by atoms with van der Waals surface area (Å²) >= 11 is 0. The van der Waals surface area contributed by atoms with Gasteiger partial charge in [0.25, 0.3) is 0 Å². The van der Waals surface area contributed by atoms with Crippen LogP contribution in [0.4, 0.5) is 0 Å². The van der Waals surface area contributed by atoms with Crippen molar-refractivity contribution < 1.29 is 5.11 Å². The van der Waals surface area contributed by atoms with Crippen molar-refractivity contribution in [3.05, 3.63) is 0 Å². The predicted octanol–water partition coefficient (Wildman–Crippen LogP) is 2.19. The van der Waals surface area contributed by atoms with Gasteiger partial charge < -0.3 is 5.11 Å². The summed E-state index contributed by atoms with van der Waals surface area (Å²) in [5.41, 5.74) is 0. The third kappa shape index (κ3) is 1.34. The molecule has 0 saturated heterocycles. The molecule has 0 spiro atoms. The third-order valence-corrected chi connectivity index (χ3v) is 2.70. The average molecular weight is 142 g/mol. The molecule has 2 aliphatic rings. The zero-order chi connectivity index (χ0) is 7.56. The lowest BCUT2D eigenvalue weighted by Crippen LogP contribution is -2.14. The summed E-state index contributed by atoms with van der Waals surface area (Å²) in [4.78, 5) is 0. The monoisotopic (exact) mass is 142 g/mol. The molecular weight excluding hydrogens is 124 g/mol. The maximum atomic E-state index is 9.22. The second-order valence-electron chi connectivity index (χ2n) is 3.24. The van der Waals surface area contributed by atoms with Crippen molar-refractivity contribution >= 4 is 0 Å². The summed E-state index contributed by atoms with van der Waals surface area (Å²) in [5, 5.41) is 9.22. The molecule has 0 amide bonds. The standard InChI is InChI=1S/C7H12O.C2H6/c8-7-4-5-1-2-6(7)3-5;1-2/h5-8H,1-4H2;1-2H3. The van der Waals surface area contributed by atoms with E-state index in [-0.39, 0.29) is 6.10 Å². The highest BCUT2D eigenvalue weighted by Gasteiger charge is 2.38. The Labute approximate surface area is 63.4 Å². The van der Waals surface area contributed by atoms with Crippen LogP contribution in [0.2, 0.25) is 0 Å². The Morgan fingerprint density at radius 3 is 2.00 bits per heavy atom. The third-order valence-electron chi connectivity index (χ3n) is 2.70. The number of hydrogen-bond acceptors (Lipinski definition) is 1. The molecule has 3 atom stereocenters. The summed E-state index contributed by atoms with van der Waals surface area (Å²) in [6.07, 6.45) is 5.19. The number of fused-ring (bicyclic) bond motifs is 2. The number of rotatable bonds is 0. The molecule has 2 bridgehead atoms. The molecule has 2 rings (SSSR count). The fraction of sp³-hybridized carbons (Fsp3) is 1.00. The van der Waals surface area contributed by atoms with Gasteiger partial charge >= 0.3 is 0 Å². The Bertz CT molecular complexity index is 98.9. The Kier molecular flexibility index (Phi) is 2.72. The topological polar surface area (TPSA) is 20.2 Å². The van der Waals surface area contributed by atoms with E-state index in [0.717, 1.165) is 12.3 Å². The van der Waals surface area contributed by atoms with E-state index in [1.165, 1.54) is 19.3 Å². The second-order valence-corrected chi connectivity index (χ2v) is 3.24. The van der Waals surface area contributed by atoms with Crippen LogP contribution in [0.3, 0.4) is 0 Å². The second kappa shape index (κ2) is 3.38. The van der Waals surface area contributed by atoms with Gasteiger partial charge in [0.2, 0.25) is 0 Å². The molecule has 0 aromatic rings. The van der Waals surface area contributed by atoms with Crippen LogP contribution in [0, 0.1) is 11.8 Å². The van der Waals surface area contributed by atoms with Crippen molar-refractivity contribution in [2.45, 2.75) is 45.6 Å². The van der Waals surface area contributed by atoms with Crippen LogP contribution in [0.5, 0.6) is 0 Å². The van der Waals surface area contributed by atoms with Crippen molar-refractivity contribution in [3.8, 4) is 0 Å². The van der Waals surface area contributed by atoms with Gasteiger partial charge in [0.1, 0.15) is 0 Å². The Balaban J connectivity index is 0.000000231. The Morgan fingerprint density at radius 1 is 1.10 bits per heavy atom. The van der Waals surface area contributed by atoms with Gasteiger partial charge in [-0.25, -0.2) is 0 Å². The van der Waals surface area contributed by atoms with Crippen molar-refractivity contribution in [1.29, 1.82) is 0 Å². The predicted molar refractivity (Wildman–Crippen MR) is 42.8 cm³/mol. The van der Waals surface area contributed by atoms with Crippen LogP contribution in [0.15, 0.2) is 0 Å². The maximum Gasteiger partial charge on any atom is 0.0571 e. The zero-order valence-corrected chi connectivity index (χ0v) is 7.01. The molecule has 0 aromatic carbocycles. The van der Waals surface area contributed by atoms with E-state index in [9.17, 15) is 5.11 Å². The average Bonchev–Trinajstić information content (AvgIpc) is 2.52. The molecule has 2 fully saturated rings. The van der Waals surface area contributed by atoms with Gasteiger partial charge in [-0.2, -0.15) is 0 Å². The first-order valence-electron chi connectivity index (χ1n) is 4.54. The van der Waals surface area contributed by atoms with Gasteiger partial charge in [-0.05, 0) is 37.5 Å². The Hall–Kier alpha value is -0.0400. The Morgan fingerprint density at radius 2 is 1.80 bits per heavy atom. The van der Waals surface area contributed by atoms with E-state index < -0.39 is 0 Å². The minimum Gasteiger partial charge on any atom is -0.393 e. The molecule has 0 radical (unpaired) electrons. The van der Waals surface area contributed by atoms with Crippen molar-refractivity contribution in [2.24, 2.45) is 11.8 Å². The minimum atomic E-state index is 0.0775. The first-order valence-corrected chi connectivity index (χ1v) is 4.54. The van der Waals surface area contributed by atoms with Crippen molar-refractivity contribution in [3.63, 3.8) is 0 Å². The summed E-state index contributed by atoms with van der Waals surface area (Å²) < 4.78 is 0. The lowest BCUT2D eigenvalue weighted by molar-refractivity contribution is 0.113. The molecule has 60 valence electrons. The summed E-state index contributed by atoms with van der Waals surface area (Å²) in [6.45, 7) is 4.00. The molecule has 0 heterocycles. The molecule has 1 heteroatoms. The molecule has 2 aliphatic carbocycles. The molecule has 1 N–H and O–H groups in total. The maximum absolute atomic E-state index is 9.22. The SMILES string of the molecule is CC.OC1CC2CCC1C2. The fourth-order valence-electron chi connectivity index (χ4n) is 2.21. The van der Waals surface area contributed by atoms with E-state index in [0.29, 0.717) is 5.92 Å². The summed E-state index contributed by atoms with van der Waals surface area (Å²) in [6, 6.07) is 0. The molecule has 0 aromatic heterocycles. The van der Waals surface area contributed by atoms with Crippen LogP contribution in [0.1, 0.15) is 39.5 Å². The minimum absolute atomic E-state index is 0.0775. The summed E-state index contributed by atoms with van der Waals surface area (Å²) in [7, 11) is 0. The van der Waals surface area contributed by atoms with E-state index >= 15 is 0 Å². The van der Waals surface area contributed by atoms with Gasteiger partial charge in [-0.3, -0.25) is 0 Å². The van der Waals surface area contributed by atoms with E-state index in [1.54, 1.807) is 0 Å². The molecule has 3 unspecified atom stereocenters. The van der Waals surface area contributed by atoms with Gasteiger partial charge in [0, 0.05) is 0 Å². The van der Waals surface area contributed by atoms with Gasteiger partial charge in [-0.15, -0.1) is 0 Å². The van der Waals surface area contributed by atoms with Crippen LogP contribution in [0.25, 0.3) is 0 Å². The first-order chi connectivity index (χ1) is 4.86. The van der Waals surface area contributed by atoms with Crippen LogP contribution >= 0.6 is 0 Å². The highest BCUT2D eigenvalue weighted by Crippen LogP contribution is 2.44. The largest absolute Gasteiger partial charge is 0.393 e. The number of aliphatic hydroxyl groups is 1. The van der Waals surface area contributed by atoms with Gasteiger partial charge in [-0.1, -0.05) is 13.8 Å². The molecule has 0 aliphatic heterocycles. The van der Waals surface area contributed by atoms with Crippen LogP contribution in [-0.2, 0) is 0 Å². The number of hydrogen-bond donors (Lipinski definition) is 1. The van der Waals surface area contributed by atoms with E-state index in [4.69, 9.17) is 0 Å². The highest BCUT2D eigenvalue weighted by molar-refractivity contribution is 4.89. The highest BCUT2D eigenvalue weighted by atomic mass is 16.3. The quantitative estimate of drug-likeness (QED) is 0.549. The zero-order valence-electron chi connectivity index (χ0n) is 7.01. The van der Waals surface area contributed by atoms with Gasteiger partial charge in [0.15, 0.2) is 0 Å².